The second-order valence-electron chi connectivity index (χ2n) is 4.45. The molecule has 62 valence electrons. The van der Waals surface area contributed by atoms with Crippen LogP contribution in [0.3, 0.4) is 0 Å². The van der Waals surface area contributed by atoms with E-state index in [-0.39, 0.29) is 0 Å². The molecule has 2 fully saturated rings. The first-order valence-corrected chi connectivity index (χ1v) is 4.94. The number of allylic oxidation sites excluding steroid dienone is 1. The molecular weight excluding hydrogens is 132 g/mol. The molecule has 0 N–H and O–H groups in total. The van der Waals surface area contributed by atoms with Gasteiger partial charge in [0.1, 0.15) is 0 Å². The van der Waals surface area contributed by atoms with Crippen molar-refractivity contribution in [3.05, 3.63) is 12.7 Å². The second-order valence-corrected chi connectivity index (χ2v) is 4.45. The normalized spacial score (nSPS) is 49.2. The van der Waals surface area contributed by atoms with Gasteiger partial charge in [0.05, 0.1) is 0 Å². The Morgan fingerprint density at radius 2 is 2.00 bits per heavy atom. The predicted octanol–water partition coefficient (Wildman–Crippen LogP) is 3.24. The lowest BCUT2D eigenvalue weighted by molar-refractivity contribution is 0.446. The summed E-state index contributed by atoms with van der Waals surface area (Å²) in [6, 6.07) is 0. The van der Waals surface area contributed by atoms with E-state index in [4.69, 9.17) is 0 Å². The summed E-state index contributed by atoms with van der Waals surface area (Å²) >= 11 is 0. The van der Waals surface area contributed by atoms with Crippen LogP contribution in [0, 0.1) is 23.7 Å². The molecule has 4 unspecified atom stereocenters. The highest BCUT2D eigenvalue weighted by atomic mass is 14.5. The van der Waals surface area contributed by atoms with Gasteiger partial charge < -0.3 is 0 Å². The van der Waals surface area contributed by atoms with E-state index in [1.54, 1.807) is 0 Å². The van der Waals surface area contributed by atoms with Gasteiger partial charge in [-0.1, -0.05) is 13.0 Å². The first kappa shape index (κ1) is 7.39. The maximum Gasteiger partial charge on any atom is -0.0233 e. The van der Waals surface area contributed by atoms with Gasteiger partial charge in [-0.15, -0.1) is 6.58 Å². The van der Waals surface area contributed by atoms with Gasteiger partial charge in [0.25, 0.3) is 0 Å². The van der Waals surface area contributed by atoms with Crippen molar-refractivity contribution in [2.24, 2.45) is 23.7 Å². The molecule has 0 aliphatic heterocycles. The Morgan fingerprint density at radius 1 is 1.27 bits per heavy atom. The van der Waals surface area contributed by atoms with Crippen LogP contribution in [0.2, 0.25) is 0 Å². The SMILES string of the molecule is C=CC1CCC(C2CC2C)C1. The highest BCUT2D eigenvalue weighted by molar-refractivity contribution is 4.95. The number of rotatable bonds is 2. The van der Waals surface area contributed by atoms with E-state index >= 15 is 0 Å². The van der Waals surface area contributed by atoms with Gasteiger partial charge >= 0.3 is 0 Å². The summed E-state index contributed by atoms with van der Waals surface area (Å²) in [6.07, 6.45) is 8.00. The zero-order chi connectivity index (χ0) is 7.84. The van der Waals surface area contributed by atoms with Gasteiger partial charge in [0, 0.05) is 0 Å². The van der Waals surface area contributed by atoms with Crippen molar-refractivity contribution < 1.29 is 0 Å². The van der Waals surface area contributed by atoms with Crippen LogP contribution in [0.4, 0.5) is 0 Å². The summed E-state index contributed by atoms with van der Waals surface area (Å²) in [5.74, 6) is 4.06. The van der Waals surface area contributed by atoms with E-state index < -0.39 is 0 Å². The molecule has 0 saturated heterocycles. The largest absolute Gasteiger partial charge is 0.103 e. The molecular formula is C11H18. The van der Waals surface area contributed by atoms with Gasteiger partial charge in [-0.25, -0.2) is 0 Å². The second kappa shape index (κ2) is 2.66. The van der Waals surface area contributed by atoms with Crippen molar-refractivity contribution >= 4 is 0 Å². The smallest absolute Gasteiger partial charge is 0.0233 e. The molecule has 4 atom stereocenters. The molecule has 0 heterocycles. The van der Waals surface area contributed by atoms with E-state index in [2.05, 4.69) is 19.6 Å². The fourth-order valence-electron chi connectivity index (χ4n) is 2.66. The quantitative estimate of drug-likeness (QED) is 0.530. The number of hydrogen-bond donors (Lipinski definition) is 0. The molecule has 2 rings (SSSR count). The van der Waals surface area contributed by atoms with Crippen molar-refractivity contribution in [1.29, 1.82) is 0 Å². The molecule has 0 amide bonds. The standard InChI is InChI=1S/C11H18/c1-3-9-4-5-10(7-9)11-6-8(11)2/h3,8-11H,1,4-7H2,2H3. The van der Waals surface area contributed by atoms with Crippen molar-refractivity contribution in [2.75, 3.05) is 0 Å². The minimum atomic E-state index is 0.854. The van der Waals surface area contributed by atoms with Crippen molar-refractivity contribution in [3.8, 4) is 0 Å². The summed E-state index contributed by atoms with van der Waals surface area (Å²) in [5.41, 5.74) is 0. The van der Waals surface area contributed by atoms with Crippen LogP contribution in [-0.4, -0.2) is 0 Å². The molecule has 0 spiro atoms. The van der Waals surface area contributed by atoms with Crippen LogP contribution in [0.15, 0.2) is 12.7 Å². The molecule has 0 radical (unpaired) electrons. The molecule has 0 aromatic heterocycles. The fourth-order valence-corrected chi connectivity index (χ4v) is 2.66. The highest BCUT2D eigenvalue weighted by Crippen LogP contribution is 2.51. The molecule has 0 nitrogen and oxygen atoms in total. The molecule has 11 heavy (non-hydrogen) atoms. The predicted molar refractivity (Wildman–Crippen MR) is 48.3 cm³/mol. The van der Waals surface area contributed by atoms with Crippen molar-refractivity contribution in [1.82, 2.24) is 0 Å². The average molecular weight is 150 g/mol. The molecule has 2 aliphatic carbocycles. The van der Waals surface area contributed by atoms with Gasteiger partial charge in [0.2, 0.25) is 0 Å². The van der Waals surface area contributed by atoms with Crippen molar-refractivity contribution in [2.45, 2.75) is 32.6 Å². The lowest BCUT2D eigenvalue weighted by Gasteiger charge is -2.06. The molecule has 0 aromatic carbocycles. The maximum absolute atomic E-state index is 3.88. The maximum atomic E-state index is 3.88. The summed E-state index contributed by atoms with van der Waals surface area (Å²) in [4.78, 5) is 0. The monoisotopic (exact) mass is 150 g/mol. The molecule has 2 aliphatic rings. The zero-order valence-corrected chi connectivity index (χ0v) is 7.42. The Morgan fingerprint density at radius 3 is 2.45 bits per heavy atom. The van der Waals surface area contributed by atoms with E-state index in [0.717, 1.165) is 23.7 Å². The van der Waals surface area contributed by atoms with Gasteiger partial charge in [-0.05, 0) is 49.4 Å². The lowest BCUT2D eigenvalue weighted by atomic mass is 9.99. The summed E-state index contributed by atoms with van der Waals surface area (Å²) in [5, 5.41) is 0. The topological polar surface area (TPSA) is 0 Å². The average Bonchev–Trinajstić information content (AvgIpc) is 2.59. The van der Waals surface area contributed by atoms with Crippen LogP contribution in [0.1, 0.15) is 32.6 Å². The highest BCUT2D eigenvalue weighted by Gasteiger charge is 2.41. The molecule has 0 heteroatoms. The Bertz CT molecular complexity index is 159. The van der Waals surface area contributed by atoms with Gasteiger partial charge in [-0.3, -0.25) is 0 Å². The summed E-state index contributed by atoms with van der Waals surface area (Å²) in [6.45, 7) is 6.27. The Kier molecular flexibility index (Phi) is 1.78. The first-order valence-electron chi connectivity index (χ1n) is 4.94. The zero-order valence-electron chi connectivity index (χ0n) is 7.42. The minimum absolute atomic E-state index is 0.854. The van der Waals surface area contributed by atoms with E-state index in [9.17, 15) is 0 Å². The van der Waals surface area contributed by atoms with Crippen LogP contribution in [-0.2, 0) is 0 Å². The molecule has 0 aromatic rings. The lowest BCUT2D eigenvalue weighted by Crippen LogP contribution is -1.98. The molecule has 2 saturated carbocycles. The Labute approximate surface area is 69.7 Å². The minimum Gasteiger partial charge on any atom is -0.103 e. The van der Waals surface area contributed by atoms with Gasteiger partial charge in [0.15, 0.2) is 0 Å². The number of hydrogen-bond acceptors (Lipinski definition) is 0. The van der Waals surface area contributed by atoms with Crippen LogP contribution in [0.25, 0.3) is 0 Å². The third kappa shape index (κ3) is 1.36. The van der Waals surface area contributed by atoms with Crippen molar-refractivity contribution in [3.63, 3.8) is 0 Å². The Balaban J connectivity index is 1.85. The third-order valence-corrected chi connectivity index (χ3v) is 3.62. The Hall–Kier alpha value is -0.260. The summed E-state index contributed by atoms with van der Waals surface area (Å²) in [7, 11) is 0. The van der Waals surface area contributed by atoms with Gasteiger partial charge in [-0.2, -0.15) is 0 Å². The fraction of sp³-hybridized carbons (Fsp3) is 0.818. The van der Waals surface area contributed by atoms with Crippen LogP contribution in [0.5, 0.6) is 0 Å². The molecule has 0 bridgehead atoms. The van der Waals surface area contributed by atoms with E-state index in [1.165, 1.54) is 25.7 Å². The third-order valence-electron chi connectivity index (χ3n) is 3.62. The first-order chi connectivity index (χ1) is 5.31. The van der Waals surface area contributed by atoms with E-state index in [1.807, 2.05) is 0 Å². The van der Waals surface area contributed by atoms with E-state index in [0.29, 0.717) is 0 Å². The summed E-state index contributed by atoms with van der Waals surface area (Å²) < 4.78 is 0. The van der Waals surface area contributed by atoms with Crippen LogP contribution < -0.4 is 0 Å². The van der Waals surface area contributed by atoms with Crippen LogP contribution >= 0.6 is 0 Å².